The summed E-state index contributed by atoms with van der Waals surface area (Å²) < 4.78 is 9.23. The SMILES string of the molecule is CCn1ncc(-c2noc3nc(C4CC4)cc(C(=O)N[C@H](C)c4ccn(C)n4)c23)c1C. The molecule has 4 aromatic rings. The summed E-state index contributed by atoms with van der Waals surface area (Å²) in [6.45, 7) is 6.69. The summed E-state index contributed by atoms with van der Waals surface area (Å²) in [5.74, 6) is 0.180. The van der Waals surface area contributed by atoms with Crippen LogP contribution in [0.4, 0.5) is 0 Å². The first-order valence-corrected chi connectivity index (χ1v) is 10.6. The van der Waals surface area contributed by atoms with Gasteiger partial charge in [0.2, 0.25) is 0 Å². The number of fused-ring (bicyclic) bond motifs is 1. The van der Waals surface area contributed by atoms with Gasteiger partial charge in [0.15, 0.2) is 0 Å². The largest absolute Gasteiger partial charge is 0.344 e. The van der Waals surface area contributed by atoms with E-state index in [0.717, 1.165) is 42.0 Å². The predicted molar refractivity (Wildman–Crippen MR) is 115 cm³/mol. The molecule has 1 aliphatic rings. The standard InChI is InChI=1S/C22H25N7O2/c1-5-29-13(3)16(11-23-29)20-19-15(10-18(14-6-7-14)25-22(19)31-27-20)21(30)24-12(2)17-8-9-28(4)26-17/h8-12,14H,5-7H2,1-4H3,(H,24,30)/t12-/m1/s1. The van der Waals surface area contributed by atoms with Crippen molar-refractivity contribution in [2.45, 2.75) is 52.1 Å². The van der Waals surface area contributed by atoms with Gasteiger partial charge in [-0.25, -0.2) is 4.98 Å². The molecule has 0 saturated heterocycles. The van der Waals surface area contributed by atoms with Crippen LogP contribution in [0.2, 0.25) is 0 Å². The first-order chi connectivity index (χ1) is 15.0. The number of rotatable bonds is 6. The fourth-order valence-electron chi connectivity index (χ4n) is 3.93. The number of amides is 1. The second kappa shape index (κ2) is 7.33. The van der Waals surface area contributed by atoms with Gasteiger partial charge in [-0.05, 0) is 45.7 Å². The Bertz CT molecular complexity index is 1280. The highest BCUT2D eigenvalue weighted by atomic mass is 16.5. The first kappa shape index (κ1) is 19.5. The van der Waals surface area contributed by atoms with Gasteiger partial charge in [-0.2, -0.15) is 10.2 Å². The molecular formula is C22H25N7O2. The predicted octanol–water partition coefficient (Wildman–Crippen LogP) is 3.52. The normalized spacial score (nSPS) is 14.8. The Balaban J connectivity index is 1.60. The van der Waals surface area contributed by atoms with Crippen molar-refractivity contribution in [1.29, 1.82) is 0 Å². The van der Waals surface area contributed by atoms with Crippen LogP contribution in [-0.4, -0.2) is 35.6 Å². The smallest absolute Gasteiger partial charge is 0.259 e. The fraction of sp³-hybridized carbons (Fsp3) is 0.409. The summed E-state index contributed by atoms with van der Waals surface area (Å²) in [5.41, 5.74) is 5.00. The highest BCUT2D eigenvalue weighted by molar-refractivity contribution is 6.09. The molecule has 1 aliphatic carbocycles. The molecule has 0 radical (unpaired) electrons. The van der Waals surface area contributed by atoms with Crippen molar-refractivity contribution in [3.63, 3.8) is 0 Å². The summed E-state index contributed by atoms with van der Waals surface area (Å²) >= 11 is 0. The number of hydrogen-bond acceptors (Lipinski definition) is 6. The number of hydrogen-bond donors (Lipinski definition) is 1. The zero-order valence-electron chi connectivity index (χ0n) is 18.1. The lowest BCUT2D eigenvalue weighted by Crippen LogP contribution is -2.27. The Hall–Kier alpha value is -3.49. The maximum absolute atomic E-state index is 13.4. The molecule has 1 amide bonds. The van der Waals surface area contributed by atoms with Gasteiger partial charge in [0.1, 0.15) is 5.69 Å². The summed E-state index contributed by atoms with van der Waals surface area (Å²) in [6, 6.07) is 3.55. The van der Waals surface area contributed by atoms with Crippen molar-refractivity contribution in [3.05, 3.63) is 47.2 Å². The number of aryl methyl sites for hydroxylation is 2. The Morgan fingerprint density at radius 2 is 2.19 bits per heavy atom. The van der Waals surface area contributed by atoms with E-state index in [-0.39, 0.29) is 11.9 Å². The van der Waals surface area contributed by atoms with E-state index in [2.05, 4.69) is 25.7 Å². The Morgan fingerprint density at radius 3 is 2.84 bits per heavy atom. The summed E-state index contributed by atoms with van der Waals surface area (Å²) in [7, 11) is 1.86. The third kappa shape index (κ3) is 3.39. The second-order valence-corrected chi connectivity index (χ2v) is 8.15. The Kier molecular flexibility index (Phi) is 4.60. The van der Waals surface area contributed by atoms with E-state index in [1.54, 1.807) is 10.9 Å². The minimum Gasteiger partial charge on any atom is -0.344 e. The number of carbonyl (C=O) groups is 1. The maximum atomic E-state index is 13.4. The van der Waals surface area contributed by atoms with Crippen molar-refractivity contribution >= 4 is 17.0 Å². The van der Waals surface area contributed by atoms with Crippen LogP contribution < -0.4 is 5.32 Å². The summed E-state index contributed by atoms with van der Waals surface area (Å²) in [6.07, 6.45) is 5.78. The van der Waals surface area contributed by atoms with Gasteiger partial charge >= 0.3 is 0 Å². The lowest BCUT2D eigenvalue weighted by molar-refractivity contribution is 0.0940. The minimum absolute atomic E-state index is 0.197. The topological polar surface area (TPSA) is 104 Å². The molecule has 9 heteroatoms. The molecule has 0 aliphatic heterocycles. The van der Waals surface area contributed by atoms with Gasteiger partial charge in [-0.15, -0.1) is 0 Å². The van der Waals surface area contributed by atoms with Gasteiger partial charge in [-0.3, -0.25) is 14.2 Å². The molecule has 4 heterocycles. The molecule has 5 rings (SSSR count). The Labute approximate surface area is 179 Å². The van der Waals surface area contributed by atoms with E-state index < -0.39 is 0 Å². The quantitative estimate of drug-likeness (QED) is 0.513. The zero-order chi connectivity index (χ0) is 21.7. The van der Waals surface area contributed by atoms with Gasteiger partial charge in [0.25, 0.3) is 11.6 Å². The molecule has 4 aromatic heterocycles. The number of pyridine rings is 1. The van der Waals surface area contributed by atoms with Crippen molar-refractivity contribution in [3.8, 4) is 11.3 Å². The molecule has 160 valence electrons. The maximum Gasteiger partial charge on any atom is 0.259 e. The van der Waals surface area contributed by atoms with Crippen molar-refractivity contribution in [2.75, 3.05) is 0 Å². The molecule has 0 spiro atoms. The van der Waals surface area contributed by atoms with Gasteiger partial charge in [-0.1, -0.05) is 5.16 Å². The van der Waals surface area contributed by atoms with Crippen LogP contribution in [0.25, 0.3) is 22.4 Å². The van der Waals surface area contributed by atoms with Crippen molar-refractivity contribution < 1.29 is 9.32 Å². The summed E-state index contributed by atoms with van der Waals surface area (Å²) in [4.78, 5) is 18.1. The third-order valence-corrected chi connectivity index (χ3v) is 5.89. The Morgan fingerprint density at radius 1 is 1.39 bits per heavy atom. The van der Waals surface area contributed by atoms with Crippen LogP contribution in [0, 0.1) is 6.92 Å². The third-order valence-electron chi connectivity index (χ3n) is 5.89. The molecule has 9 nitrogen and oxygen atoms in total. The second-order valence-electron chi connectivity index (χ2n) is 8.15. The van der Waals surface area contributed by atoms with E-state index >= 15 is 0 Å². The van der Waals surface area contributed by atoms with Crippen molar-refractivity contribution in [1.82, 2.24) is 35.0 Å². The molecule has 1 N–H and O–H groups in total. The van der Waals surface area contributed by atoms with E-state index in [9.17, 15) is 4.79 Å². The van der Waals surface area contributed by atoms with E-state index in [1.165, 1.54) is 0 Å². The molecule has 31 heavy (non-hydrogen) atoms. The van der Waals surface area contributed by atoms with Crippen LogP contribution >= 0.6 is 0 Å². The number of nitrogens with zero attached hydrogens (tertiary/aromatic N) is 6. The van der Waals surface area contributed by atoms with Gasteiger partial charge in [0.05, 0.1) is 28.9 Å². The minimum atomic E-state index is -0.242. The highest BCUT2D eigenvalue weighted by Crippen LogP contribution is 2.41. The lowest BCUT2D eigenvalue weighted by atomic mass is 10.0. The number of nitrogens with one attached hydrogen (secondary N) is 1. The van der Waals surface area contributed by atoms with Crippen molar-refractivity contribution in [2.24, 2.45) is 7.05 Å². The molecule has 1 atom stereocenters. The fourth-order valence-corrected chi connectivity index (χ4v) is 3.93. The van der Waals surface area contributed by atoms with Crippen LogP contribution in [0.5, 0.6) is 0 Å². The molecule has 0 bridgehead atoms. The van der Waals surface area contributed by atoms with E-state index in [4.69, 9.17) is 4.52 Å². The average molecular weight is 419 g/mol. The summed E-state index contributed by atoms with van der Waals surface area (Å²) in [5, 5.41) is 16.8. The number of carbonyl (C=O) groups excluding carboxylic acids is 1. The van der Waals surface area contributed by atoms with Crippen LogP contribution in [0.1, 0.15) is 66.1 Å². The average Bonchev–Trinajstić information content (AvgIpc) is 3.21. The zero-order valence-corrected chi connectivity index (χ0v) is 18.1. The van der Waals surface area contributed by atoms with E-state index in [0.29, 0.717) is 28.3 Å². The van der Waals surface area contributed by atoms with Crippen LogP contribution in [-0.2, 0) is 13.6 Å². The lowest BCUT2D eigenvalue weighted by Gasteiger charge is -2.13. The van der Waals surface area contributed by atoms with Crippen LogP contribution in [0.3, 0.4) is 0 Å². The van der Waals surface area contributed by atoms with Gasteiger partial charge < -0.3 is 9.84 Å². The molecule has 0 unspecified atom stereocenters. The number of aromatic nitrogens is 6. The highest BCUT2D eigenvalue weighted by Gasteiger charge is 2.30. The van der Waals surface area contributed by atoms with E-state index in [1.807, 2.05) is 50.8 Å². The molecule has 1 saturated carbocycles. The molecule has 1 fully saturated rings. The molecule has 0 aromatic carbocycles. The monoisotopic (exact) mass is 419 g/mol. The van der Waals surface area contributed by atoms with Crippen LogP contribution in [0.15, 0.2) is 29.0 Å². The first-order valence-electron chi connectivity index (χ1n) is 10.6. The molecular weight excluding hydrogens is 394 g/mol. The van der Waals surface area contributed by atoms with Gasteiger partial charge in [0, 0.05) is 42.7 Å².